The molecule has 7 nitrogen and oxygen atoms in total. The molecule has 2 aliphatic rings. The van der Waals surface area contributed by atoms with Gasteiger partial charge in [-0.3, -0.25) is 9.59 Å². The number of carbonyl (C=O) groups is 2. The fraction of sp³-hybridized carbons (Fsp3) is 0.235. The number of anilines is 1. The van der Waals surface area contributed by atoms with Crippen LogP contribution in [0.3, 0.4) is 0 Å². The standard InChI is InChI=1S/C17H15N3O4/c1-3-23-15-13(9(2)21)17(11(8-18)14(19)24-15)10-6-4-5-7-12(10)20-16(17)22/h4-7H,3,19H2,1-2H3,(H,20,22). The Kier molecular flexibility index (Phi) is 3.53. The molecule has 1 aromatic rings. The van der Waals surface area contributed by atoms with Gasteiger partial charge in [-0.1, -0.05) is 18.2 Å². The molecule has 3 rings (SSSR count). The predicted octanol–water partition coefficient (Wildman–Crippen LogP) is 1.44. The number of nitriles is 1. The molecule has 122 valence electrons. The summed E-state index contributed by atoms with van der Waals surface area (Å²) in [5, 5.41) is 12.3. The molecule has 24 heavy (non-hydrogen) atoms. The van der Waals surface area contributed by atoms with Crippen molar-refractivity contribution in [2.75, 3.05) is 11.9 Å². The Balaban J connectivity index is 2.44. The number of nitrogens with two attached hydrogens (primary N) is 1. The highest BCUT2D eigenvalue weighted by atomic mass is 16.7. The number of para-hydroxylation sites is 1. The number of hydrogen-bond acceptors (Lipinski definition) is 6. The second kappa shape index (κ2) is 5.42. The van der Waals surface area contributed by atoms with Gasteiger partial charge in [-0.2, -0.15) is 5.26 Å². The van der Waals surface area contributed by atoms with E-state index in [1.54, 1.807) is 31.2 Å². The highest BCUT2D eigenvalue weighted by molar-refractivity contribution is 6.18. The summed E-state index contributed by atoms with van der Waals surface area (Å²) in [4.78, 5) is 25.3. The van der Waals surface area contributed by atoms with Crippen LogP contribution in [0.2, 0.25) is 0 Å². The van der Waals surface area contributed by atoms with Gasteiger partial charge in [0.1, 0.15) is 17.2 Å². The van der Waals surface area contributed by atoms with E-state index in [9.17, 15) is 14.9 Å². The fourth-order valence-electron chi connectivity index (χ4n) is 3.20. The number of ketones is 1. The molecular weight excluding hydrogens is 310 g/mol. The lowest BCUT2D eigenvalue weighted by molar-refractivity contribution is -0.122. The first-order chi connectivity index (χ1) is 11.5. The first kappa shape index (κ1) is 15.6. The van der Waals surface area contributed by atoms with Crippen LogP contribution in [0.4, 0.5) is 5.69 Å². The summed E-state index contributed by atoms with van der Waals surface area (Å²) in [6.45, 7) is 3.22. The van der Waals surface area contributed by atoms with Crippen molar-refractivity contribution < 1.29 is 19.1 Å². The van der Waals surface area contributed by atoms with E-state index < -0.39 is 17.1 Å². The van der Waals surface area contributed by atoms with Crippen LogP contribution in [0.5, 0.6) is 0 Å². The third-order valence-corrected chi connectivity index (χ3v) is 4.06. The monoisotopic (exact) mass is 325 g/mol. The first-order valence-electron chi connectivity index (χ1n) is 7.36. The number of nitrogens with zero attached hydrogens (tertiary/aromatic N) is 1. The third kappa shape index (κ3) is 1.83. The zero-order valence-corrected chi connectivity index (χ0v) is 13.2. The summed E-state index contributed by atoms with van der Waals surface area (Å²) in [6, 6.07) is 8.77. The van der Waals surface area contributed by atoms with Gasteiger partial charge < -0.3 is 20.5 Å². The van der Waals surface area contributed by atoms with Crippen LogP contribution in [0.15, 0.2) is 47.2 Å². The SMILES string of the molecule is CCOC1=C(C(C)=O)C2(C(=O)Nc3ccccc32)C(C#N)=C(N)O1. The highest BCUT2D eigenvalue weighted by Crippen LogP contribution is 2.51. The van der Waals surface area contributed by atoms with E-state index >= 15 is 0 Å². The Morgan fingerprint density at radius 2 is 2.17 bits per heavy atom. The number of hydrogen-bond donors (Lipinski definition) is 2. The van der Waals surface area contributed by atoms with Gasteiger partial charge in [-0.25, -0.2) is 0 Å². The van der Waals surface area contributed by atoms with E-state index in [0.717, 1.165) is 0 Å². The lowest BCUT2D eigenvalue weighted by Gasteiger charge is -2.33. The highest BCUT2D eigenvalue weighted by Gasteiger charge is 2.59. The van der Waals surface area contributed by atoms with Gasteiger partial charge in [0, 0.05) is 11.3 Å². The van der Waals surface area contributed by atoms with E-state index in [0.29, 0.717) is 11.3 Å². The molecule has 2 heterocycles. The van der Waals surface area contributed by atoms with Gasteiger partial charge in [-0.15, -0.1) is 0 Å². The van der Waals surface area contributed by atoms with Crippen LogP contribution in [-0.4, -0.2) is 18.3 Å². The first-order valence-corrected chi connectivity index (χ1v) is 7.36. The van der Waals surface area contributed by atoms with Gasteiger partial charge in [0.15, 0.2) is 11.2 Å². The molecule has 1 atom stereocenters. The van der Waals surface area contributed by atoms with E-state index in [2.05, 4.69) is 5.32 Å². The maximum absolute atomic E-state index is 12.9. The maximum Gasteiger partial charge on any atom is 0.294 e. The molecule has 0 aromatic heterocycles. The van der Waals surface area contributed by atoms with Crippen LogP contribution in [-0.2, 0) is 24.5 Å². The molecule has 0 radical (unpaired) electrons. The number of ether oxygens (including phenoxy) is 2. The quantitative estimate of drug-likeness (QED) is 0.869. The van der Waals surface area contributed by atoms with E-state index in [4.69, 9.17) is 15.2 Å². The maximum atomic E-state index is 12.9. The van der Waals surface area contributed by atoms with Crippen molar-refractivity contribution in [2.24, 2.45) is 5.73 Å². The van der Waals surface area contributed by atoms with Crippen LogP contribution < -0.4 is 11.1 Å². The van der Waals surface area contributed by atoms with Crippen LogP contribution in [0, 0.1) is 11.3 Å². The Morgan fingerprint density at radius 1 is 1.46 bits per heavy atom. The predicted molar refractivity (Wildman–Crippen MR) is 84.0 cm³/mol. The molecule has 0 bridgehead atoms. The molecule has 2 aliphatic heterocycles. The largest absolute Gasteiger partial charge is 0.465 e. The topological polar surface area (TPSA) is 114 Å². The summed E-state index contributed by atoms with van der Waals surface area (Å²) in [5.41, 5.74) is 5.04. The Hall–Kier alpha value is -3.27. The Bertz CT molecular complexity index is 863. The number of fused-ring (bicyclic) bond motifs is 2. The van der Waals surface area contributed by atoms with Crippen molar-refractivity contribution in [1.29, 1.82) is 5.26 Å². The third-order valence-electron chi connectivity index (χ3n) is 4.06. The molecule has 1 aromatic carbocycles. The van der Waals surface area contributed by atoms with Crippen LogP contribution >= 0.6 is 0 Å². The lowest BCUT2D eigenvalue weighted by atomic mass is 9.68. The molecule has 0 fully saturated rings. The number of nitrogens with one attached hydrogen (secondary N) is 1. The number of benzene rings is 1. The van der Waals surface area contributed by atoms with Crippen molar-refractivity contribution in [3.05, 3.63) is 52.8 Å². The fourth-order valence-corrected chi connectivity index (χ4v) is 3.20. The van der Waals surface area contributed by atoms with Crippen LogP contribution in [0.25, 0.3) is 0 Å². The minimum Gasteiger partial charge on any atom is -0.465 e. The molecule has 1 unspecified atom stereocenters. The van der Waals surface area contributed by atoms with Crippen molar-refractivity contribution in [3.63, 3.8) is 0 Å². The van der Waals surface area contributed by atoms with Gasteiger partial charge in [0.25, 0.3) is 5.95 Å². The smallest absolute Gasteiger partial charge is 0.294 e. The molecule has 7 heteroatoms. The van der Waals surface area contributed by atoms with Crippen molar-refractivity contribution >= 4 is 17.4 Å². The molecule has 1 spiro atoms. The minimum absolute atomic E-state index is 0.0300. The Morgan fingerprint density at radius 3 is 2.79 bits per heavy atom. The molecule has 3 N–H and O–H groups in total. The zero-order valence-electron chi connectivity index (χ0n) is 13.2. The van der Waals surface area contributed by atoms with Crippen molar-refractivity contribution in [1.82, 2.24) is 0 Å². The van der Waals surface area contributed by atoms with E-state index in [1.165, 1.54) is 6.92 Å². The Labute approximate surface area is 138 Å². The summed E-state index contributed by atoms with van der Waals surface area (Å²) in [5.74, 6) is -1.37. The van der Waals surface area contributed by atoms with Gasteiger partial charge in [0.2, 0.25) is 11.8 Å². The summed E-state index contributed by atoms with van der Waals surface area (Å²) in [7, 11) is 0. The number of rotatable bonds is 3. The second-order valence-electron chi connectivity index (χ2n) is 5.35. The normalized spacial score (nSPS) is 22.0. The van der Waals surface area contributed by atoms with Crippen LogP contribution in [0.1, 0.15) is 19.4 Å². The molecular formula is C17H15N3O4. The number of Topliss-reactive ketones (excluding diaryl/α,β-unsaturated/α-hetero) is 1. The number of amides is 1. The van der Waals surface area contributed by atoms with Gasteiger partial charge in [0.05, 0.1) is 6.61 Å². The van der Waals surface area contributed by atoms with Crippen molar-refractivity contribution in [3.8, 4) is 6.07 Å². The number of carbonyl (C=O) groups excluding carboxylic acids is 2. The lowest BCUT2D eigenvalue weighted by Crippen LogP contribution is -2.45. The second-order valence-corrected chi connectivity index (χ2v) is 5.35. The molecule has 0 saturated carbocycles. The molecule has 0 saturated heterocycles. The zero-order chi connectivity index (χ0) is 17.5. The molecule has 1 amide bonds. The van der Waals surface area contributed by atoms with Gasteiger partial charge in [-0.05, 0) is 19.9 Å². The summed E-state index contributed by atoms with van der Waals surface area (Å²) < 4.78 is 10.7. The summed E-state index contributed by atoms with van der Waals surface area (Å²) in [6.07, 6.45) is 0. The van der Waals surface area contributed by atoms with Gasteiger partial charge >= 0.3 is 0 Å². The minimum atomic E-state index is -1.66. The van der Waals surface area contributed by atoms with E-state index in [1.807, 2.05) is 6.07 Å². The average molecular weight is 325 g/mol. The summed E-state index contributed by atoms with van der Waals surface area (Å²) >= 11 is 0. The average Bonchev–Trinajstić information content (AvgIpc) is 2.81. The molecule has 0 aliphatic carbocycles. The van der Waals surface area contributed by atoms with Crippen molar-refractivity contribution in [2.45, 2.75) is 19.3 Å². The van der Waals surface area contributed by atoms with E-state index in [-0.39, 0.29) is 29.6 Å².